The highest BCUT2D eigenvalue weighted by Crippen LogP contribution is 2.30. The monoisotopic (exact) mass is 140 g/mol. The number of fused-ring (bicyclic) bond motifs is 1. The fourth-order valence-electron chi connectivity index (χ4n) is 0.753. The molecule has 0 aliphatic heterocycles. The third kappa shape index (κ3) is 0.616. The molecule has 1 N–H and O–H groups in total. The molecule has 0 amide bonds. The van der Waals surface area contributed by atoms with Crippen molar-refractivity contribution in [3.05, 3.63) is 18.4 Å². The standard InChI is InChI=1S/C6H4O2S/c7-6-3-4-5(9-6)1-2-8-4/h1-3,7H. The highest BCUT2D eigenvalue weighted by atomic mass is 32.1. The van der Waals surface area contributed by atoms with Gasteiger partial charge in [0.15, 0.2) is 5.06 Å². The zero-order valence-corrected chi connectivity index (χ0v) is 5.31. The lowest BCUT2D eigenvalue weighted by Crippen LogP contribution is -1.41. The average molecular weight is 140 g/mol. The summed E-state index contributed by atoms with van der Waals surface area (Å²) in [7, 11) is 0. The number of thiophene rings is 1. The van der Waals surface area contributed by atoms with Crippen LogP contribution in [0.4, 0.5) is 0 Å². The maximum Gasteiger partial charge on any atom is 0.175 e. The van der Waals surface area contributed by atoms with Crippen molar-refractivity contribution in [3.8, 4) is 5.06 Å². The van der Waals surface area contributed by atoms with E-state index in [-0.39, 0.29) is 0 Å². The van der Waals surface area contributed by atoms with E-state index < -0.39 is 0 Å². The van der Waals surface area contributed by atoms with Gasteiger partial charge in [-0.3, -0.25) is 0 Å². The zero-order valence-electron chi connectivity index (χ0n) is 4.50. The van der Waals surface area contributed by atoms with Crippen molar-refractivity contribution in [3.63, 3.8) is 0 Å². The van der Waals surface area contributed by atoms with Crippen LogP contribution in [-0.4, -0.2) is 5.11 Å². The lowest BCUT2D eigenvalue weighted by Gasteiger charge is -1.70. The Balaban J connectivity index is 2.92. The lowest BCUT2D eigenvalue weighted by atomic mass is 10.5. The Labute approximate surface area is 55.3 Å². The van der Waals surface area contributed by atoms with Crippen molar-refractivity contribution in [2.24, 2.45) is 0 Å². The maximum absolute atomic E-state index is 8.90. The van der Waals surface area contributed by atoms with Crippen molar-refractivity contribution >= 4 is 21.6 Å². The van der Waals surface area contributed by atoms with Crippen LogP contribution < -0.4 is 0 Å². The first-order chi connectivity index (χ1) is 4.36. The van der Waals surface area contributed by atoms with Crippen LogP contribution in [0.2, 0.25) is 0 Å². The zero-order chi connectivity index (χ0) is 6.27. The quantitative estimate of drug-likeness (QED) is 0.608. The van der Waals surface area contributed by atoms with Crippen molar-refractivity contribution in [1.82, 2.24) is 0 Å². The predicted molar refractivity (Wildman–Crippen MR) is 35.8 cm³/mol. The first kappa shape index (κ1) is 4.88. The van der Waals surface area contributed by atoms with Crippen LogP contribution in [0, 0.1) is 0 Å². The van der Waals surface area contributed by atoms with E-state index in [1.54, 1.807) is 12.3 Å². The summed E-state index contributed by atoms with van der Waals surface area (Å²) in [6.07, 6.45) is 1.61. The van der Waals surface area contributed by atoms with Gasteiger partial charge in [-0.2, -0.15) is 0 Å². The number of rotatable bonds is 0. The molecule has 0 radical (unpaired) electrons. The summed E-state index contributed by atoms with van der Waals surface area (Å²) in [5, 5.41) is 9.21. The van der Waals surface area contributed by atoms with Crippen LogP contribution in [-0.2, 0) is 0 Å². The van der Waals surface area contributed by atoms with Gasteiger partial charge in [0.1, 0.15) is 5.58 Å². The molecule has 0 unspecified atom stereocenters. The fourth-order valence-corrected chi connectivity index (χ4v) is 1.48. The number of aromatic hydroxyl groups is 1. The molecule has 0 saturated heterocycles. The Morgan fingerprint density at radius 2 is 2.44 bits per heavy atom. The molecule has 0 atom stereocenters. The van der Waals surface area contributed by atoms with Crippen LogP contribution in [0.25, 0.3) is 10.3 Å². The van der Waals surface area contributed by atoms with Gasteiger partial charge in [0, 0.05) is 6.07 Å². The summed E-state index contributed by atoms with van der Waals surface area (Å²) >= 11 is 1.32. The molecular weight excluding hydrogens is 136 g/mol. The van der Waals surface area contributed by atoms with Gasteiger partial charge < -0.3 is 9.52 Å². The lowest BCUT2D eigenvalue weighted by molar-refractivity contribution is 0.490. The third-order valence-corrected chi connectivity index (χ3v) is 2.01. The van der Waals surface area contributed by atoms with E-state index in [1.165, 1.54) is 11.3 Å². The molecule has 2 nitrogen and oxygen atoms in total. The van der Waals surface area contributed by atoms with Gasteiger partial charge in [-0.15, -0.1) is 0 Å². The molecule has 2 heterocycles. The molecule has 0 bridgehead atoms. The topological polar surface area (TPSA) is 33.4 Å². The number of hydrogen-bond donors (Lipinski definition) is 1. The number of hydrogen-bond acceptors (Lipinski definition) is 3. The summed E-state index contributed by atoms with van der Waals surface area (Å²) in [5.74, 6) is 0. The molecule has 0 spiro atoms. The molecule has 0 fully saturated rings. The van der Waals surface area contributed by atoms with Gasteiger partial charge in [-0.1, -0.05) is 11.3 Å². The Morgan fingerprint density at radius 3 is 3.22 bits per heavy atom. The molecule has 2 rings (SSSR count). The summed E-state index contributed by atoms with van der Waals surface area (Å²) in [5.41, 5.74) is 0.762. The SMILES string of the molecule is Oc1cc2occc2s1. The normalized spacial score (nSPS) is 10.7. The van der Waals surface area contributed by atoms with Crippen LogP contribution in [0.5, 0.6) is 5.06 Å². The van der Waals surface area contributed by atoms with Gasteiger partial charge in [0.2, 0.25) is 0 Å². The van der Waals surface area contributed by atoms with E-state index in [1.807, 2.05) is 6.07 Å². The summed E-state index contributed by atoms with van der Waals surface area (Å²) in [6.45, 7) is 0. The molecule has 9 heavy (non-hydrogen) atoms. The molecule has 0 aliphatic carbocycles. The second-order valence-corrected chi connectivity index (χ2v) is 2.80. The Morgan fingerprint density at radius 1 is 1.56 bits per heavy atom. The molecule has 0 saturated carbocycles. The largest absolute Gasteiger partial charge is 0.499 e. The second-order valence-electron chi connectivity index (χ2n) is 1.73. The van der Waals surface area contributed by atoms with Crippen LogP contribution >= 0.6 is 11.3 Å². The Bertz CT molecular complexity index is 292. The summed E-state index contributed by atoms with van der Waals surface area (Å²) < 4.78 is 5.98. The minimum atomic E-state index is 0.310. The minimum absolute atomic E-state index is 0.310. The first-order valence-electron chi connectivity index (χ1n) is 2.52. The third-order valence-electron chi connectivity index (χ3n) is 1.13. The van der Waals surface area contributed by atoms with Crippen molar-refractivity contribution < 1.29 is 9.52 Å². The molecular formula is C6H4O2S. The molecule has 0 aliphatic rings. The van der Waals surface area contributed by atoms with Crippen molar-refractivity contribution in [1.29, 1.82) is 0 Å². The Hall–Kier alpha value is -0.960. The summed E-state index contributed by atoms with van der Waals surface area (Å²) in [4.78, 5) is 0. The highest BCUT2D eigenvalue weighted by Gasteiger charge is 2.00. The van der Waals surface area contributed by atoms with E-state index in [0.29, 0.717) is 5.06 Å². The van der Waals surface area contributed by atoms with E-state index in [4.69, 9.17) is 9.52 Å². The van der Waals surface area contributed by atoms with E-state index in [0.717, 1.165) is 10.3 Å². The van der Waals surface area contributed by atoms with Crippen LogP contribution in [0.3, 0.4) is 0 Å². The maximum atomic E-state index is 8.90. The number of furan rings is 1. The molecule has 46 valence electrons. The van der Waals surface area contributed by atoms with Gasteiger partial charge in [0.05, 0.1) is 11.0 Å². The van der Waals surface area contributed by atoms with Crippen molar-refractivity contribution in [2.75, 3.05) is 0 Å². The molecule has 0 aromatic carbocycles. The average Bonchev–Trinajstić information content (AvgIpc) is 2.22. The first-order valence-corrected chi connectivity index (χ1v) is 3.34. The van der Waals surface area contributed by atoms with Crippen LogP contribution in [0.15, 0.2) is 22.8 Å². The molecule has 2 aromatic rings. The van der Waals surface area contributed by atoms with Gasteiger partial charge >= 0.3 is 0 Å². The van der Waals surface area contributed by atoms with E-state index >= 15 is 0 Å². The smallest absolute Gasteiger partial charge is 0.175 e. The highest BCUT2D eigenvalue weighted by molar-refractivity contribution is 7.20. The summed E-state index contributed by atoms with van der Waals surface area (Å²) in [6, 6.07) is 3.44. The van der Waals surface area contributed by atoms with E-state index in [9.17, 15) is 0 Å². The predicted octanol–water partition coefficient (Wildman–Crippen LogP) is 2.20. The molecule has 2 aromatic heterocycles. The van der Waals surface area contributed by atoms with Crippen molar-refractivity contribution in [2.45, 2.75) is 0 Å². The minimum Gasteiger partial charge on any atom is -0.499 e. The van der Waals surface area contributed by atoms with Gasteiger partial charge in [0.25, 0.3) is 0 Å². The Kier molecular flexibility index (Phi) is 0.818. The molecule has 3 heteroatoms. The van der Waals surface area contributed by atoms with E-state index in [2.05, 4.69) is 0 Å². The van der Waals surface area contributed by atoms with Gasteiger partial charge in [-0.25, -0.2) is 0 Å². The van der Waals surface area contributed by atoms with Crippen LogP contribution in [0.1, 0.15) is 0 Å². The fraction of sp³-hybridized carbons (Fsp3) is 0. The van der Waals surface area contributed by atoms with Gasteiger partial charge in [-0.05, 0) is 6.07 Å². The second kappa shape index (κ2) is 1.51.